The van der Waals surface area contributed by atoms with Crippen LogP contribution >= 0.6 is 0 Å². The molecule has 0 aliphatic heterocycles. The molecule has 132 valence electrons. The lowest BCUT2D eigenvalue weighted by Gasteiger charge is -2.11. The summed E-state index contributed by atoms with van der Waals surface area (Å²) in [4.78, 5) is 0.193. The average molecular weight is 343 g/mol. The van der Waals surface area contributed by atoms with Crippen molar-refractivity contribution in [1.82, 2.24) is 4.72 Å². The molecule has 23 heavy (non-hydrogen) atoms. The number of hydrogen-bond donors (Lipinski definition) is 1. The second kappa shape index (κ2) is 10.5. The van der Waals surface area contributed by atoms with E-state index >= 15 is 0 Å². The van der Waals surface area contributed by atoms with Gasteiger partial charge in [-0.05, 0) is 18.6 Å². The van der Waals surface area contributed by atoms with E-state index in [4.69, 9.17) is 9.47 Å². The van der Waals surface area contributed by atoms with Gasteiger partial charge in [0.2, 0.25) is 10.0 Å². The second-order valence-corrected chi connectivity index (χ2v) is 7.30. The van der Waals surface area contributed by atoms with Crippen molar-refractivity contribution in [2.45, 2.75) is 56.8 Å². The first-order chi connectivity index (χ1) is 11.0. The van der Waals surface area contributed by atoms with E-state index in [-0.39, 0.29) is 4.90 Å². The SMILES string of the molecule is CCCCCCCCCNS(=O)(=O)c1ccc(OC)c(OC)c1. The van der Waals surface area contributed by atoms with Gasteiger partial charge in [0.1, 0.15) is 0 Å². The Morgan fingerprint density at radius 3 is 2.13 bits per heavy atom. The van der Waals surface area contributed by atoms with Crippen molar-refractivity contribution >= 4 is 10.0 Å². The summed E-state index contributed by atoms with van der Waals surface area (Å²) in [5.74, 6) is 0.921. The fourth-order valence-electron chi connectivity index (χ4n) is 2.36. The first-order valence-electron chi connectivity index (χ1n) is 8.27. The molecule has 0 heterocycles. The molecular weight excluding hydrogens is 314 g/mol. The van der Waals surface area contributed by atoms with Gasteiger partial charge in [0.05, 0.1) is 19.1 Å². The van der Waals surface area contributed by atoms with Crippen LogP contribution in [0.2, 0.25) is 0 Å². The first kappa shape index (κ1) is 19.8. The van der Waals surface area contributed by atoms with Crippen LogP contribution < -0.4 is 14.2 Å². The molecular formula is C17H29NO4S. The van der Waals surface area contributed by atoms with Gasteiger partial charge in [0.25, 0.3) is 0 Å². The number of methoxy groups -OCH3 is 2. The highest BCUT2D eigenvalue weighted by Crippen LogP contribution is 2.29. The van der Waals surface area contributed by atoms with Crippen LogP contribution in [-0.2, 0) is 10.0 Å². The van der Waals surface area contributed by atoms with Gasteiger partial charge in [-0.2, -0.15) is 0 Å². The smallest absolute Gasteiger partial charge is 0.240 e. The molecule has 0 unspecified atom stereocenters. The van der Waals surface area contributed by atoms with Gasteiger partial charge in [-0.3, -0.25) is 0 Å². The third-order valence-electron chi connectivity index (χ3n) is 3.74. The summed E-state index contributed by atoms with van der Waals surface area (Å²) in [5.41, 5.74) is 0. The number of sulfonamides is 1. The summed E-state index contributed by atoms with van der Waals surface area (Å²) in [7, 11) is -0.500. The molecule has 0 spiro atoms. The molecule has 0 atom stereocenters. The van der Waals surface area contributed by atoms with Crippen molar-refractivity contribution in [2.24, 2.45) is 0 Å². The molecule has 0 radical (unpaired) electrons. The molecule has 6 heteroatoms. The largest absolute Gasteiger partial charge is 0.493 e. The van der Waals surface area contributed by atoms with Gasteiger partial charge in [-0.1, -0.05) is 45.4 Å². The van der Waals surface area contributed by atoms with E-state index in [1.807, 2.05) is 0 Å². The quantitative estimate of drug-likeness (QED) is 0.587. The second-order valence-electron chi connectivity index (χ2n) is 5.54. The Morgan fingerprint density at radius 2 is 1.52 bits per heavy atom. The standard InChI is InChI=1S/C17H29NO4S/c1-4-5-6-7-8-9-10-13-18-23(19,20)15-11-12-16(21-2)17(14-15)22-3/h11-12,14,18H,4-10,13H2,1-3H3. The number of benzene rings is 1. The van der Waals surface area contributed by atoms with Gasteiger partial charge >= 0.3 is 0 Å². The first-order valence-corrected chi connectivity index (χ1v) is 9.75. The summed E-state index contributed by atoms with van der Waals surface area (Å²) in [6.07, 6.45) is 8.11. The Balaban J connectivity index is 2.44. The average Bonchev–Trinajstić information content (AvgIpc) is 2.56. The lowest BCUT2D eigenvalue weighted by Crippen LogP contribution is -2.24. The van der Waals surface area contributed by atoms with E-state index in [1.165, 1.54) is 52.0 Å². The summed E-state index contributed by atoms with van der Waals surface area (Å²) in [6, 6.07) is 4.60. The zero-order valence-electron chi connectivity index (χ0n) is 14.4. The fraction of sp³-hybridized carbons (Fsp3) is 0.647. The number of unbranched alkanes of at least 4 members (excludes halogenated alkanes) is 6. The minimum atomic E-state index is -3.50. The van der Waals surface area contributed by atoms with Crippen molar-refractivity contribution in [3.8, 4) is 11.5 Å². The van der Waals surface area contributed by atoms with Crippen LogP contribution in [0.25, 0.3) is 0 Å². The Bertz CT molecular complexity index is 558. The highest BCUT2D eigenvalue weighted by Gasteiger charge is 2.16. The normalized spacial score (nSPS) is 11.4. The van der Waals surface area contributed by atoms with E-state index in [1.54, 1.807) is 6.07 Å². The molecule has 0 saturated heterocycles. The Morgan fingerprint density at radius 1 is 0.913 bits per heavy atom. The Kier molecular flexibility index (Phi) is 9.02. The van der Waals surface area contributed by atoms with Gasteiger partial charge < -0.3 is 9.47 Å². The zero-order chi connectivity index (χ0) is 17.1. The summed E-state index contributed by atoms with van der Waals surface area (Å²) < 4.78 is 37.4. The number of ether oxygens (including phenoxy) is 2. The molecule has 1 N–H and O–H groups in total. The maximum absolute atomic E-state index is 12.3. The fourth-order valence-corrected chi connectivity index (χ4v) is 3.44. The molecule has 1 rings (SSSR count). The lowest BCUT2D eigenvalue weighted by molar-refractivity contribution is 0.354. The summed E-state index contributed by atoms with van der Waals surface area (Å²) in [5, 5.41) is 0. The molecule has 1 aromatic rings. The number of nitrogens with one attached hydrogen (secondary N) is 1. The summed E-state index contributed by atoms with van der Waals surface area (Å²) >= 11 is 0. The maximum Gasteiger partial charge on any atom is 0.240 e. The van der Waals surface area contributed by atoms with E-state index < -0.39 is 10.0 Å². The van der Waals surface area contributed by atoms with E-state index in [9.17, 15) is 8.42 Å². The predicted octanol–water partition coefficient (Wildman–Crippen LogP) is 3.73. The van der Waals surface area contributed by atoms with Crippen LogP contribution in [0.5, 0.6) is 11.5 Å². The highest BCUT2D eigenvalue weighted by atomic mass is 32.2. The van der Waals surface area contributed by atoms with Crippen LogP contribution in [0.1, 0.15) is 51.9 Å². The maximum atomic E-state index is 12.3. The molecule has 5 nitrogen and oxygen atoms in total. The van der Waals surface area contributed by atoms with Crippen molar-refractivity contribution in [3.05, 3.63) is 18.2 Å². The molecule has 0 bridgehead atoms. The van der Waals surface area contributed by atoms with Crippen LogP contribution in [0.4, 0.5) is 0 Å². The van der Waals surface area contributed by atoms with Crippen molar-refractivity contribution < 1.29 is 17.9 Å². The van der Waals surface area contributed by atoms with Gasteiger partial charge in [-0.25, -0.2) is 13.1 Å². The minimum Gasteiger partial charge on any atom is -0.493 e. The summed E-state index contributed by atoms with van der Waals surface area (Å²) in [6.45, 7) is 2.66. The van der Waals surface area contributed by atoms with Crippen molar-refractivity contribution in [2.75, 3.05) is 20.8 Å². The monoisotopic (exact) mass is 343 g/mol. The van der Waals surface area contributed by atoms with E-state index in [0.717, 1.165) is 19.3 Å². The predicted molar refractivity (Wildman–Crippen MR) is 92.7 cm³/mol. The van der Waals surface area contributed by atoms with Crippen LogP contribution in [0.3, 0.4) is 0 Å². The van der Waals surface area contributed by atoms with Crippen LogP contribution in [-0.4, -0.2) is 29.2 Å². The minimum absolute atomic E-state index is 0.193. The van der Waals surface area contributed by atoms with E-state index in [0.29, 0.717) is 18.0 Å². The van der Waals surface area contributed by atoms with Gasteiger partial charge in [-0.15, -0.1) is 0 Å². The molecule has 1 aromatic carbocycles. The molecule has 0 aromatic heterocycles. The molecule has 0 aliphatic carbocycles. The third-order valence-corrected chi connectivity index (χ3v) is 5.20. The third kappa shape index (κ3) is 6.79. The van der Waals surface area contributed by atoms with Crippen molar-refractivity contribution in [1.29, 1.82) is 0 Å². The highest BCUT2D eigenvalue weighted by molar-refractivity contribution is 7.89. The van der Waals surface area contributed by atoms with Gasteiger partial charge in [0, 0.05) is 12.6 Å². The van der Waals surface area contributed by atoms with Crippen LogP contribution in [0.15, 0.2) is 23.1 Å². The zero-order valence-corrected chi connectivity index (χ0v) is 15.2. The lowest BCUT2D eigenvalue weighted by atomic mass is 10.1. The number of hydrogen-bond acceptors (Lipinski definition) is 4. The van der Waals surface area contributed by atoms with Gasteiger partial charge in [0.15, 0.2) is 11.5 Å². The van der Waals surface area contributed by atoms with E-state index in [2.05, 4.69) is 11.6 Å². The Labute approximate surface area is 140 Å². The topological polar surface area (TPSA) is 64.6 Å². The number of rotatable bonds is 12. The van der Waals surface area contributed by atoms with Crippen molar-refractivity contribution in [3.63, 3.8) is 0 Å². The molecule has 0 amide bonds. The Hall–Kier alpha value is -1.27. The molecule has 0 saturated carbocycles. The van der Waals surface area contributed by atoms with Crippen LogP contribution in [0, 0.1) is 0 Å². The molecule has 0 aliphatic rings. The molecule has 0 fully saturated rings.